The molecule has 1 aliphatic heterocycles. The van der Waals surface area contributed by atoms with Crippen LogP contribution in [0.1, 0.15) is 36.1 Å². The van der Waals surface area contributed by atoms with Crippen LogP contribution in [-0.2, 0) is 11.3 Å². The molecule has 0 radical (unpaired) electrons. The molecule has 0 unspecified atom stereocenters. The van der Waals surface area contributed by atoms with Gasteiger partial charge in [-0.2, -0.15) is 0 Å². The van der Waals surface area contributed by atoms with Gasteiger partial charge in [-0.25, -0.2) is 5.84 Å². The third-order valence-corrected chi connectivity index (χ3v) is 3.74. The molecule has 7 heteroatoms. The zero-order valence-electron chi connectivity index (χ0n) is 12.2. The maximum absolute atomic E-state index is 11.3. The summed E-state index contributed by atoms with van der Waals surface area (Å²) >= 11 is 0. The number of piperidine rings is 1. The van der Waals surface area contributed by atoms with Gasteiger partial charge in [0, 0.05) is 13.5 Å². The lowest BCUT2D eigenvalue weighted by molar-refractivity contribution is -0.119. The normalized spacial score (nSPS) is 16.7. The molecule has 1 fully saturated rings. The van der Waals surface area contributed by atoms with E-state index < -0.39 is 5.91 Å². The van der Waals surface area contributed by atoms with E-state index in [-0.39, 0.29) is 11.7 Å². The number of nitrogens with one attached hydrogen (secondary N) is 2. The molecule has 21 heavy (non-hydrogen) atoms. The lowest BCUT2D eigenvalue weighted by Gasteiger charge is -2.31. The molecule has 0 atom stereocenters. The molecule has 0 aliphatic carbocycles. The van der Waals surface area contributed by atoms with Crippen LogP contribution in [0, 0.1) is 5.92 Å². The summed E-state index contributed by atoms with van der Waals surface area (Å²) < 4.78 is 5.45. The average Bonchev–Trinajstić information content (AvgIpc) is 2.94. The number of carbonyl (C=O) groups excluding carboxylic acids is 2. The van der Waals surface area contributed by atoms with Gasteiger partial charge in [-0.1, -0.05) is 0 Å². The standard InChI is InChI=1S/C14H22N4O3/c1-10(19)16-8-11-4-6-18(7-5-11)9-12-2-3-13(21-12)14(20)17-15/h2-3,11H,4-9,15H2,1H3,(H,16,19)(H,17,20). The Morgan fingerprint density at radius 3 is 2.71 bits per heavy atom. The highest BCUT2D eigenvalue weighted by molar-refractivity contribution is 5.90. The Hall–Kier alpha value is -1.86. The summed E-state index contributed by atoms with van der Waals surface area (Å²) in [5.74, 6) is 6.20. The number of furan rings is 1. The number of carbonyl (C=O) groups is 2. The highest BCUT2D eigenvalue weighted by Gasteiger charge is 2.20. The fraction of sp³-hybridized carbons (Fsp3) is 0.571. The molecule has 2 rings (SSSR count). The molecule has 2 heterocycles. The zero-order valence-corrected chi connectivity index (χ0v) is 12.2. The molecule has 4 N–H and O–H groups in total. The number of hydrazine groups is 1. The van der Waals surface area contributed by atoms with Gasteiger partial charge in [-0.15, -0.1) is 0 Å². The van der Waals surface area contributed by atoms with Crippen LogP contribution in [0.25, 0.3) is 0 Å². The minimum absolute atomic E-state index is 0.0266. The smallest absolute Gasteiger partial charge is 0.300 e. The Balaban J connectivity index is 1.77. The average molecular weight is 294 g/mol. The molecule has 0 saturated carbocycles. The Labute approximate surface area is 123 Å². The summed E-state index contributed by atoms with van der Waals surface area (Å²) in [5.41, 5.74) is 2.05. The van der Waals surface area contributed by atoms with E-state index in [4.69, 9.17) is 10.3 Å². The fourth-order valence-electron chi connectivity index (χ4n) is 2.51. The van der Waals surface area contributed by atoms with Gasteiger partial charge in [0.25, 0.3) is 0 Å². The minimum Gasteiger partial charge on any atom is -0.455 e. The minimum atomic E-state index is -0.421. The summed E-state index contributed by atoms with van der Waals surface area (Å²) in [4.78, 5) is 24.5. The second-order valence-corrected chi connectivity index (χ2v) is 5.40. The van der Waals surface area contributed by atoms with Crippen molar-refractivity contribution >= 4 is 11.8 Å². The van der Waals surface area contributed by atoms with E-state index in [1.54, 1.807) is 19.1 Å². The van der Waals surface area contributed by atoms with E-state index in [2.05, 4.69) is 10.2 Å². The van der Waals surface area contributed by atoms with Crippen LogP contribution in [0.4, 0.5) is 0 Å². The van der Waals surface area contributed by atoms with E-state index in [1.807, 2.05) is 5.43 Å². The summed E-state index contributed by atoms with van der Waals surface area (Å²) in [6.45, 7) is 4.91. The van der Waals surface area contributed by atoms with Gasteiger partial charge in [0.05, 0.1) is 6.54 Å². The third kappa shape index (κ3) is 4.57. The maximum atomic E-state index is 11.3. The third-order valence-electron chi connectivity index (χ3n) is 3.74. The molecule has 7 nitrogen and oxygen atoms in total. The number of hydrogen-bond acceptors (Lipinski definition) is 5. The second kappa shape index (κ2) is 7.24. The highest BCUT2D eigenvalue weighted by atomic mass is 16.4. The van der Waals surface area contributed by atoms with Gasteiger partial charge in [0.1, 0.15) is 5.76 Å². The van der Waals surface area contributed by atoms with Gasteiger partial charge in [-0.3, -0.25) is 19.9 Å². The number of amides is 2. The Morgan fingerprint density at radius 1 is 1.38 bits per heavy atom. The maximum Gasteiger partial charge on any atom is 0.300 e. The van der Waals surface area contributed by atoms with Crippen LogP contribution in [0.15, 0.2) is 16.5 Å². The summed E-state index contributed by atoms with van der Waals surface area (Å²) in [5, 5.41) is 2.87. The van der Waals surface area contributed by atoms with Gasteiger partial charge < -0.3 is 9.73 Å². The van der Waals surface area contributed by atoms with Crippen LogP contribution in [-0.4, -0.2) is 36.3 Å². The molecule has 0 spiro atoms. The monoisotopic (exact) mass is 294 g/mol. The molecule has 1 saturated heterocycles. The molecule has 1 aliphatic rings. The van der Waals surface area contributed by atoms with Crippen LogP contribution < -0.4 is 16.6 Å². The number of rotatable bonds is 5. The predicted octanol–water partition coefficient (Wildman–Crippen LogP) is 0.231. The largest absolute Gasteiger partial charge is 0.455 e. The van der Waals surface area contributed by atoms with Gasteiger partial charge >= 0.3 is 5.91 Å². The van der Waals surface area contributed by atoms with Crippen molar-refractivity contribution < 1.29 is 14.0 Å². The van der Waals surface area contributed by atoms with Crippen LogP contribution >= 0.6 is 0 Å². The predicted molar refractivity (Wildman–Crippen MR) is 77.0 cm³/mol. The van der Waals surface area contributed by atoms with Gasteiger partial charge in [-0.05, 0) is 44.0 Å². The van der Waals surface area contributed by atoms with E-state index >= 15 is 0 Å². The number of likely N-dealkylation sites (tertiary alicyclic amines) is 1. The van der Waals surface area contributed by atoms with Crippen LogP contribution in [0.3, 0.4) is 0 Å². The lowest BCUT2D eigenvalue weighted by atomic mass is 9.97. The van der Waals surface area contributed by atoms with Gasteiger partial charge in [0.2, 0.25) is 5.91 Å². The van der Waals surface area contributed by atoms with Crippen LogP contribution in [0.2, 0.25) is 0 Å². The molecule has 2 amide bonds. The van der Waals surface area contributed by atoms with Crippen molar-refractivity contribution in [2.75, 3.05) is 19.6 Å². The van der Waals surface area contributed by atoms with Crippen molar-refractivity contribution in [2.24, 2.45) is 11.8 Å². The van der Waals surface area contributed by atoms with Crippen molar-refractivity contribution in [1.82, 2.24) is 15.6 Å². The number of nitrogens with two attached hydrogens (primary N) is 1. The molecular formula is C14H22N4O3. The zero-order chi connectivity index (χ0) is 15.2. The Kier molecular flexibility index (Phi) is 5.35. The number of nitrogen functional groups attached to an aromatic ring is 1. The number of hydrogen-bond donors (Lipinski definition) is 3. The first-order valence-electron chi connectivity index (χ1n) is 7.15. The van der Waals surface area contributed by atoms with Gasteiger partial charge in [0.15, 0.2) is 5.76 Å². The quantitative estimate of drug-likeness (QED) is 0.410. The van der Waals surface area contributed by atoms with Crippen LogP contribution in [0.5, 0.6) is 0 Å². The first kappa shape index (κ1) is 15.5. The fourth-order valence-corrected chi connectivity index (χ4v) is 2.51. The Morgan fingerprint density at radius 2 is 2.10 bits per heavy atom. The van der Waals surface area contributed by atoms with E-state index in [0.29, 0.717) is 12.5 Å². The molecule has 1 aromatic heterocycles. The molecule has 0 aromatic carbocycles. The summed E-state index contributed by atoms with van der Waals surface area (Å²) in [6.07, 6.45) is 2.11. The molecule has 116 valence electrons. The van der Waals surface area contributed by atoms with Crippen molar-refractivity contribution in [1.29, 1.82) is 0 Å². The Bertz CT molecular complexity index is 492. The van der Waals surface area contributed by atoms with Crippen molar-refractivity contribution in [3.8, 4) is 0 Å². The van der Waals surface area contributed by atoms with E-state index in [9.17, 15) is 9.59 Å². The lowest BCUT2D eigenvalue weighted by Crippen LogP contribution is -2.37. The first-order valence-corrected chi connectivity index (χ1v) is 7.15. The first-order chi connectivity index (χ1) is 10.1. The van der Waals surface area contributed by atoms with E-state index in [1.165, 1.54) is 0 Å². The molecule has 1 aromatic rings. The second-order valence-electron chi connectivity index (χ2n) is 5.40. The van der Waals surface area contributed by atoms with Crippen molar-refractivity contribution in [3.05, 3.63) is 23.7 Å². The highest BCUT2D eigenvalue weighted by Crippen LogP contribution is 2.19. The van der Waals surface area contributed by atoms with E-state index in [0.717, 1.165) is 38.2 Å². The number of nitrogens with zero attached hydrogens (tertiary/aromatic N) is 1. The summed E-state index contributed by atoms with van der Waals surface area (Å²) in [6, 6.07) is 3.43. The van der Waals surface area contributed by atoms with Crippen molar-refractivity contribution in [3.63, 3.8) is 0 Å². The summed E-state index contributed by atoms with van der Waals surface area (Å²) in [7, 11) is 0. The molecule has 0 bridgehead atoms. The SMILES string of the molecule is CC(=O)NCC1CCN(Cc2ccc(C(=O)NN)o2)CC1. The topological polar surface area (TPSA) is 101 Å². The molecular weight excluding hydrogens is 272 g/mol. The van der Waals surface area contributed by atoms with Crippen molar-refractivity contribution in [2.45, 2.75) is 26.3 Å².